The summed E-state index contributed by atoms with van der Waals surface area (Å²) in [6, 6.07) is 7.84. The van der Waals surface area contributed by atoms with Crippen LogP contribution in [0.15, 0.2) is 36.8 Å². The number of nitrogens with zero attached hydrogens (tertiary/aromatic N) is 3. The SMILES string of the molecule is COc1ccc(NC2(C(=O)N3CCCn4cncc4C3)CCCC2)cc1. The summed E-state index contributed by atoms with van der Waals surface area (Å²) in [5.74, 6) is 1.04. The van der Waals surface area contributed by atoms with Crippen molar-refractivity contribution in [2.24, 2.45) is 0 Å². The fourth-order valence-electron chi connectivity index (χ4n) is 4.19. The second-order valence-corrected chi connectivity index (χ2v) is 7.30. The van der Waals surface area contributed by atoms with E-state index in [1.165, 1.54) is 0 Å². The van der Waals surface area contributed by atoms with E-state index in [4.69, 9.17) is 4.74 Å². The number of aromatic nitrogens is 2. The number of imidazole rings is 1. The van der Waals surface area contributed by atoms with Crippen molar-refractivity contribution in [3.8, 4) is 5.75 Å². The number of carbonyl (C=O) groups is 1. The number of carbonyl (C=O) groups excluding carboxylic acids is 1. The number of methoxy groups -OCH3 is 1. The number of fused-ring (bicyclic) bond motifs is 1. The molecule has 2 aromatic rings. The minimum absolute atomic E-state index is 0.223. The summed E-state index contributed by atoms with van der Waals surface area (Å²) in [5.41, 5.74) is 1.60. The summed E-state index contributed by atoms with van der Waals surface area (Å²) >= 11 is 0. The van der Waals surface area contributed by atoms with E-state index in [-0.39, 0.29) is 5.91 Å². The van der Waals surface area contributed by atoms with E-state index in [1.54, 1.807) is 7.11 Å². The van der Waals surface area contributed by atoms with Crippen LogP contribution in [0.25, 0.3) is 0 Å². The van der Waals surface area contributed by atoms with Gasteiger partial charge in [-0.3, -0.25) is 4.79 Å². The van der Waals surface area contributed by atoms with Crippen molar-refractivity contribution in [2.75, 3.05) is 19.0 Å². The Bertz CT molecular complexity index is 762. The predicted molar refractivity (Wildman–Crippen MR) is 100 cm³/mol. The molecule has 6 heteroatoms. The van der Waals surface area contributed by atoms with Crippen LogP contribution in [-0.2, 0) is 17.9 Å². The molecular weight excluding hydrogens is 328 g/mol. The maximum absolute atomic E-state index is 13.5. The first-order chi connectivity index (χ1) is 12.7. The molecule has 0 atom stereocenters. The summed E-state index contributed by atoms with van der Waals surface area (Å²) in [6.45, 7) is 2.37. The van der Waals surface area contributed by atoms with Gasteiger partial charge in [0.25, 0.3) is 0 Å². The molecule has 0 saturated heterocycles. The summed E-state index contributed by atoms with van der Waals surface area (Å²) < 4.78 is 7.39. The first-order valence-electron chi connectivity index (χ1n) is 9.41. The van der Waals surface area contributed by atoms with E-state index in [9.17, 15) is 4.79 Å². The van der Waals surface area contributed by atoms with Crippen molar-refractivity contribution < 1.29 is 9.53 Å². The number of hydrogen-bond donors (Lipinski definition) is 1. The largest absolute Gasteiger partial charge is 0.497 e. The Labute approximate surface area is 154 Å². The van der Waals surface area contributed by atoms with Crippen LogP contribution in [-0.4, -0.2) is 39.6 Å². The van der Waals surface area contributed by atoms with Gasteiger partial charge in [0, 0.05) is 25.0 Å². The molecule has 1 saturated carbocycles. The Hall–Kier alpha value is -2.50. The first kappa shape index (κ1) is 16.9. The zero-order valence-electron chi connectivity index (χ0n) is 15.3. The van der Waals surface area contributed by atoms with Gasteiger partial charge in [-0.25, -0.2) is 4.98 Å². The minimum Gasteiger partial charge on any atom is -0.497 e. The lowest BCUT2D eigenvalue weighted by molar-refractivity contribution is -0.136. The average molecular weight is 354 g/mol. The maximum atomic E-state index is 13.5. The van der Waals surface area contributed by atoms with Crippen LogP contribution in [0, 0.1) is 0 Å². The Morgan fingerprint density at radius 2 is 1.92 bits per heavy atom. The molecule has 2 aliphatic rings. The van der Waals surface area contributed by atoms with E-state index < -0.39 is 5.54 Å². The topological polar surface area (TPSA) is 59.4 Å². The normalized spacial score (nSPS) is 18.9. The number of benzene rings is 1. The zero-order chi connectivity index (χ0) is 18.0. The molecule has 0 radical (unpaired) electrons. The highest BCUT2D eigenvalue weighted by Gasteiger charge is 2.43. The minimum atomic E-state index is -0.496. The van der Waals surface area contributed by atoms with Crippen LogP contribution in [0.3, 0.4) is 0 Å². The molecule has 4 rings (SSSR count). The summed E-state index contributed by atoms with van der Waals surface area (Å²) in [6.07, 6.45) is 8.64. The third-order valence-electron chi connectivity index (χ3n) is 5.61. The van der Waals surface area contributed by atoms with E-state index in [0.29, 0.717) is 6.54 Å². The van der Waals surface area contributed by atoms with Gasteiger partial charge in [-0.05, 0) is 43.5 Å². The molecule has 0 unspecified atom stereocenters. The molecule has 1 aromatic carbocycles. The number of hydrogen-bond acceptors (Lipinski definition) is 4. The molecule has 1 amide bonds. The van der Waals surface area contributed by atoms with Gasteiger partial charge < -0.3 is 19.5 Å². The van der Waals surface area contributed by atoms with Crippen LogP contribution in [0.1, 0.15) is 37.8 Å². The fourth-order valence-corrected chi connectivity index (χ4v) is 4.19. The molecule has 1 aliphatic heterocycles. The standard InChI is InChI=1S/C20H26N4O2/c1-26-18-7-5-16(6-8-18)22-20(9-2-3-10-20)19(25)23-11-4-12-24-15-21-13-17(24)14-23/h5-8,13,15,22H,2-4,9-12,14H2,1H3. The molecule has 0 spiro atoms. The molecule has 2 heterocycles. The number of nitrogens with one attached hydrogen (secondary N) is 1. The van der Waals surface area contributed by atoms with Crippen LogP contribution in [0.4, 0.5) is 5.69 Å². The Morgan fingerprint density at radius 1 is 1.15 bits per heavy atom. The van der Waals surface area contributed by atoms with Gasteiger partial charge in [-0.15, -0.1) is 0 Å². The maximum Gasteiger partial charge on any atom is 0.248 e. The number of ether oxygens (including phenoxy) is 1. The first-order valence-corrected chi connectivity index (χ1v) is 9.41. The lowest BCUT2D eigenvalue weighted by atomic mass is 9.94. The smallest absolute Gasteiger partial charge is 0.248 e. The monoisotopic (exact) mass is 354 g/mol. The Kier molecular flexibility index (Phi) is 4.57. The van der Waals surface area contributed by atoms with Crippen LogP contribution in [0.5, 0.6) is 5.75 Å². The third kappa shape index (κ3) is 3.16. The average Bonchev–Trinajstić information content (AvgIpc) is 3.27. The molecule has 6 nitrogen and oxygen atoms in total. The highest BCUT2D eigenvalue weighted by Crippen LogP contribution is 2.36. The van der Waals surface area contributed by atoms with Crippen molar-refractivity contribution in [3.05, 3.63) is 42.5 Å². The molecule has 138 valence electrons. The van der Waals surface area contributed by atoms with Gasteiger partial charge in [0.15, 0.2) is 0 Å². The van der Waals surface area contributed by atoms with Crippen molar-refractivity contribution in [3.63, 3.8) is 0 Å². The molecule has 26 heavy (non-hydrogen) atoms. The van der Waals surface area contributed by atoms with Crippen molar-refractivity contribution in [1.29, 1.82) is 0 Å². The number of anilines is 1. The molecule has 1 N–H and O–H groups in total. The third-order valence-corrected chi connectivity index (χ3v) is 5.61. The number of rotatable bonds is 4. The van der Waals surface area contributed by atoms with Gasteiger partial charge in [0.2, 0.25) is 5.91 Å². The number of aryl methyl sites for hydroxylation is 1. The van der Waals surface area contributed by atoms with E-state index in [0.717, 1.165) is 62.3 Å². The predicted octanol–water partition coefficient (Wildman–Crippen LogP) is 3.05. The summed E-state index contributed by atoms with van der Waals surface area (Å²) in [5, 5.41) is 3.57. The Morgan fingerprint density at radius 3 is 2.65 bits per heavy atom. The molecule has 0 bridgehead atoms. The summed E-state index contributed by atoms with van der Waals surface area (Å²) in [7, 11) is 1.66. The van der Waals surface area contributed by atoms with E-state index in [1.807, 2.05) is 41.7 Å². The van der Waals surface area contributed by atoms with Crippen molar-refractivity contribution >= 4 is 11.6 Å². The van der Waals surface area contributed by atoms with Gasteiger partial charge in [0.1, 0.15) is 11.3 Å². The zero-order valence-corrected chi connectivity index (χ0v) is 15.3. The van der Waals surface area contributed by atoms with Gasteiger partial charge >= 0.3 is 0 Å². The number of amides is 1. The molecule has 1 aromatic heterocycles. The molecule has 1 aliphatic carbocycles. The van der Waals surface area contributed by atoms with Gasteiger partial charge in [-0.2, -0.15) is 0 Å². The van der Waals surface area contributed by atoms with E-state index >= 15 is 0 Å². The summed E-state index contributed by atoms with van der Waals surface area (Å²) in [4.78, 5) is 19.8. The van der Waals surface area contributed by atoms with Crippen LogP contribution >= 0.6 is 0 Å². The quantitative estimate of drug-likeness (QED) is 0.917. The lowest BCUT2D eigenvalue weighted by Gasteiger charge is -2.35. The van der Waals surface area contributed by atoms with Gasteiger partial charge in [0.05, 0.1) is 25.7 Å². The lowest BCUT2D eigenvalue weighted by Crippen LogP contribution is -2.52. The second kappa shape index (κ2) is 7.02. The van der Waals surface area contributed by atoms with Gasteiger partial charge in [-0.1, -0.05) is 12.8 Å². The molecular formula is C20H26N4O2. The Balaban J connectivity index is 1.56. The highest BCUT2D eigenvalue weighted by molar-refractivity contribution is 5.90. The van der Waals surface area contributed by atoms with Crippen molar-refractivity contribution in [1.82, 2.24) is 14.5 Å². The second-order valence-electron chi connectivity index (χ2n) is 7.30. The van der Waals surface area contributed by atoms with Crippen LogP contribution < -0.4 is 10.1 Å². The van der Waals surface area contributed by atoms with Crippen molar-refractivity contribution in [2.45, 2.75) is 50.7 Å². The molecule has 1 fully saturated rings. The fraction of sp³-hybridized carbons (Fsp3) is 0.500. The van der Waals surface area contributed by atoms with E-state index in [2.05, 4.69) is 14.9 Å². The van der Waals surface area contributed by atoms with Crippen LogP contribution in [0.2, 0.25) is 0 Å². The highest BCUT2D eigenvalue weighted by atomic mass is 16.5.